The highest BCUT2D eigenvalue weighted by atomic mass is 19.4. The predicted octanol–water partition coefficient (Wildman–Crippen LogP) is 4.12. The maximum atomic E-state index is 13.0. The Morgan fingerprint density at radius 1 is 1.17 bits per heavy atom. The molecule has 0 spiro atoms. The Kier molecular flexibility index (Phi) is 3.79. The molecule has 1 unspecified atom stereocenters. The number of hydrogen-bond acceptors (Lipinski definition) is 1. The molecule has 7 heteroatoms. The minimum atomic E-state index is -4.51. The number of carbonyl (C=O) groups is 1. The second-order valence-corrected chi connectivity index (χ2v) is 5.47. The number of para-hydroxylation sites is 1. The van der Waals surface area contributed by atoms with E-state index in [1.807, 2.05) is 29.8 Å². The van der Waals surface area contributed by atoms with Gasteiger partial charge in [0.15, 0.2) is 0 Å². The van der Waals surface area contributed by atoms with E-state index < -0.39 is 17.8 Å². The molecule has 2 aromatic rings. The summed E-state index contributed by atoms with van der Waals surface area (Å²) in [6.07, 6.45) is -2.58. The minimum absolute atomic E-state index is 0.197. The molecule has 23 heavy (non-hydrogen) atoms. The third kappa shape index (κ3) is 2.91. The lowest BCUT2D eigenvalue weighted by atomic mass is 10.1. The Morgan fingerprint density at radius 3 is 2.65 bits per heavy atom. The molecule has 0 radical (unpaired) electrons. The van der Waals surface area contributed by atoms with Gasteiger partial charge in [-0.3, -0.25) is 0 Å². The molecule has 0 fully saturated rings. The van der Waals surface area contributed by atoms with Crippen LogP contribution in [0.5, 0.6) is 0 Å². The van der Waals surface area contributed by atoms with E-state index in [9.17, 15) is 18.0 Å². The molecule has 0 aliphatic carbocycles. The van der Waals surface area contributed by atoms with Crippen molar-refractivity contribution in [2.45, 2.75) is 25.7 Å². The van der Waals surface area contributed by atoms with Crippen LogP contribution in [0.25, 0.3) is 0 Å². The van der Waals surface area contributed by atoms with Gasteiger partial charge < -0.3 is 14.8 Å². The zero-order valence-electron chi connectivity index (χ0n) is 12.5. The fourth-order valence-corrected chi connectivity index (χ4v) is 2.88. The lowest BCUT2D eigenvalue weighted by molar-refractivity contribution is -0.136. The molecule has 1 aliphatic rings. The van der Waals surface area contributed by atoms with Crippen molar-refractivity contribution in [1.29, 1.82) is 0 Å². The molecule has 3 rings (SSSR count). The second kappa shape index (κ2) is 5.64. The first kappa shape index (κ1) is 15.5. The summed E-state index contributed by atoms with van der Waals surface area (Å²) >= 11 is 0. The highest BCUT2D eigenvalue weighted by molar-refractivity contribution is 5.90. The average Bonchev–Trinajstić information content (AvgIpc) is 2.96. The number of nitrogens with one attached hydrogen (secondary N) is 1. The first-order valence-electron chi connectivity index (χ1n) is 7.27. The van der Waals surface area contributed by atoms with Crippen LogP contribution in [0.1, 0.15) is 24.2 Å². The Labute approximate surface area is 131 Å². The summed E-state index contributed by atoms with van der Waals surface area (Å²) in [4.78, 5) is 14.0. The quantitative estimate of drug-likeness (QED) is 0.842. The Balaban J connectivity index is 1.81. The summed E-state index contributed by atoms with van der Waals surface area (Å²) < 4.78 is 41.1. The number of halogens is 3. The fourth-order valence-electron chi connectivity index (χ4n) is 2.88. The lowest BCUT2D eigenvalue weighted by Gasteiger charge is -2.35. The van der Waals surface area contributed by atoms with Crippen molar-refractivity contribution in [1.82, 2.24) is 9.47 Å². The number of hydrogen-bond donors (Lipinski definition) is 1. The van der Waals surface area contributed by atoms with Gasteiger partial charge in [0.1, 0.15) is 0 Å². The summed E-state index contributed by atoms with van der Waals surface area (Å²) in [6.45, 7) is 2.93. The van der Waals surface area contributed by atoms with Gasteiger partial charge in [0, 0.05) is 25.0 Å². The Hall–Kier alpha value is -2.44. The number of rotatable bonds is 1. The summed E-state index contributed by atoms with van der Waals surface area (Å²) in [5.41, 5.74) is -0.102. The molecule has 0 saturated carbocycles. The number of aromatic nitrogens is 1. The number of benzene rings is 1. The molecule has 0 saturated heterocycles. The predicted molar refractivity (Wildman–Crippen MR) is 80.0 cm³/mol. The molecule has 2 heterocycles. The van der Waals surface area contributed by atoms with Gasteiger partial charge >= 0.3 is 12.2 Å². The molecule has 1 N–H and O–H groups in total. The third-order valence-electron chi connectivity index (χ3n) is 4.08. The zero-order valence-corrected chi connectivity index (χ0v) is 12.5. The van der Waals surface area contributed by atoms with Gasteiger partial charge in [-0.25, -0.2) is 4.79 Å². The molecular formula is C16H16F3N3O. The third-order valence-corrected chi connectivity index (χ3v) is 4.08. The van der Waals surface area contributed by atoms with E-state index in [1.54, 1.807) is 4.90 Å². The van der Waals surface area contributed by atoms with E-state index >= 15 is 0 Å². The first-order chi connectivity index (χ1) is 10.9. The highest BCUT2D eigenvalue weighted by Gasteiger charge is 2.34. The smallest absolute Gasteiger partial charge is 0.348 e. The fraction of sp³-hybridized carbons (Fsp3) is 0.312. The largest absolute Gasteiger partial charge is 0.418 e. The summed E-state index contributed by atoms with van der Waals surface area (Å²) in [5, 5.41) is 2.40. The summed E-state index contributed by atoms with van der Waals surface area (Å²) in [5.74, 6) is 0. The topological polar surface area (TPSA) is 37.3 Å². The zero-order chi connectivity index (χ0) is 16.6. The number of carbonyl (C=O) groups excluding carboxylic acids is 1. The highest BCUT2D eigenvalue weighted by Crippen LogP contribution is 2.35. The van der Waals surface area contributed by atoms with E-state index in [0.717, 1.165) is 11.8 Å². The Morgan fingerprint density at radius 2 is 1.91 bits per heavy atom. The van der Waals surface area contributed by atoms with E-state index in [2.05, 4.69) is 5.32 Å². The van der Waals surface area contributed by atoms with E-state index in [0.29, 0.717) is 13.1 Å². The molecule has 1 atom stereocenters. The maximum absolute atomic E-state index is 13.0. The van der Waals surface area contributed by atoms with Gasteiger partial charge in [-0.1, -0.05) is 12.1 Å². The van der Waals surface area contributed by atoms with Crippen LogP contribution in [-0.4, -0.2) is 22.0 Å². The van der Waals surface area contributed by atoms with Gasteiger partial charge in [0.05, 0.1) is 17.3 Å². The second-order valence-electron chi connectivity index (χ2n) is 5.47. The van der Waals surface area contributed by atoms with Crippen LogP contribution < -0.4 is 5.32 Å². The molecule has 1 aromatic heterocycles. The normalized spacial score (nSPS) is 17.7. The number of amides is 2. The summed E-state index contributed by atoms with van der Waals surface area (Å²) in [6, 6.07) is 8.07. The molecule has 1 aliphatic heterocycles. The molecule has 0 bridgehead atoms. The summed E-state index contributed by atoms with van der Waals surface area (Å²) in [7, 11) is 0. The molecule has 4 nitrogen and oxygen atoms in total. The number of urea groups is 1. The van der Waals surface area contributed by atoms with E-state index in [-0.39, 0.29) is 11.7 Å². The van der Waals surface area contributed by atoms with Crippen LogP contribution >= 0.6 is 0 Å². The van der Waals surface area contributed by atoms with Crippen molar-refractivity contribution in [3.8, 4) is 0 Å². The van der Waals surface area contributed by atoms with E-state index in [1.165, 1.54) is 18.2 Å². The van der Waals surface area contributed by atoms with Crippen molar-refractivity contribution in [3.63, 3.8) is 0 Å². The van der Waals surface area contributed by atoms with Gasteiger partial charge in [-0.15, -0.1) is 0 Å². The van der Waals surface area contributed by atoms with Gasteiger partial charge in [-0.2, -0.15) is 13.2 Å². The van der Waals surface area contributed by atoms with Crippen LogP contribution in [0.2, 0.25) is 0 Å². The molecular weight excluding hydrogens is 307 g/mol. The van der Waals surface area contributed by atoms with Crippen molar-refractivity contribution < 1.29 is 18.0 Å². The minimum Gasteiger partial charge on any atom is -0.348 e. The van der Waals surface area contributed by atoms with Crippen LogP contribution in [0.15, 0.2) is 42.6 Å². The molecule has 1 aromatic carbocycles. The monoisotopic (exact) mass is 323 g/mol. The van der Waals surface area contributed by atoms with Crippen LogP contribution in [0.3, 0.4) is 0 Å². The number of anilines is 1. The van der Waals surface area contributed by atoms with E-state index in [4.69, 9.17) is 0 Å². The van der Waals surface area contributed by atoms with Crippen LogP contribution in [0.4, 0.5) is 23.7 Å². The average molecular weight is 323 g/mol. The number of nitrogens with zero attached hydrogens (tertiary/aromatic N) is 2. The van der Waals surface area contributed by atoms with Crippen molar-refractivity contribution >= 4 is 11.7 Å². The maximum Gasteiger partial charge on any atom is 0.418 e. The van der Waals surface area contributed by atoms with Gasteiger partial charge in [-0.05, 0) is 31.2 Å². The van der Waals surface area contributed by atoms with Crippen molar-refractivity contribution in [2.24, 2.45) is 0 Å². The standard InChI is InChI=1S/C16H16F3N3O/c1-11-14-7-4-8-21(14)9-10-22(11)15(23)20-13-6-3-2-5-12(13)16(17,18)19/h2-8,11H,9-10H2,1H3,(H,20,23). The Bertz CT molecular complexity index is 723. The van der Waals surface area contributed by atoms with Crippen molar-refractivity contribution in [2.75, 3.05) is 11.9 Å². The SMILES string of the molecule is CC1c2cccn2CCN1C(=O)Nc1ccccc1C(F)(F)F. The van der Waals surface area contributed by atoms with Gasteiger partial charge in [0.2, 0.25) is 0 Å². The van der Waals surface area contributed by atoms with Gasteiger partial charge in [0.25, 0.3) is 0 Å². The van der Waals surface area contributed by atoms with Crippen LogP contribution in [-0.2, 0) is 12.7 Å². The number of alkyl halides is 3. The molecule has 122 valence electrons. The van der Waals surface area contributed by atoms with Crippen molar-refractivity contribution in [3.05, 3.63) is 53.9 Å². The lowest BCUT2D eigenvalue weighted by Crippen LogP contribution is -2.43. The molecule has 2 amide bonds. The first-order valence-corrected chi connectivity index (χ1v) is 7.27. The number of fused-ring (bicyclic) bond motifs is 1. The van der Waals surface area contributed by atoms with Crippen LogP contribution in [0, 0.1) is 0 Å².